The molecule has 220 valence electrons. The van der Waals surface area contributed by atoms with Gasteiger partial charge in [0.15, 0.2) is 29.0 Å². The van der Waals surface area contributed by atoms with E-state index < -0.39 is 0 Å². The highest BCUT2D eigenvalue weighted by Gasteiger charge is 2.42. The molecular weight excluding hydrogens is 552 g/mol. The van der Waals surface area contributed by atoms with Gasteiger partial charge in [-0.3, -0.25) is 0 Å². The Morgan fingerprint density at radius 2 is 1.43 bits per heavy atom. The number of aliphatic imine (C=N–C) groups is 2. The molecule has 1 N–H and O–H groups in total. The third-order valence-corrected chi connectivity index (χ3v) is 7.96. The van der Waals surface area contributed by atoms with E-state index >= 15 is 0 Å². The fourth-order valence-electron chi connectivity index (χ4n) is 5.90. The Bertz CT molecular complexity index is 1900. The van der Waals surface area contributed by atoms with Crippen molar-refractivity contribution in [3.05, 3.63) is 113 Å². The molecule has 5 aromatic rings. The summed E-state index contributed by atoms with van der Waals surface area (Å²) < 4.78 is 19.2. The number of para-hydroxylation sites is 3. The van der Waals surface area contributed by atoms with E-state index in [0.717, 1.165) is 45.4 Å². The molecule has 0 aliphatic carbocycles. The zero-order valence-electron chi connectivity index (χ0n) is 25.2. The van der Waals surface area contributed by atoms with Gasteiger partial charge in [0.25, 0.3) is 0 Å². The van der Waals surface area contributed by atoms with Crippen LogP contribution in [-0.4, -0.2) is 42.8 Å². The molecule has 2 aliphatic heterocycles. The van der Waals surface area contributed by atoms with Crippen LogP contribution in [0.15, 0.2) is 101 Å². The minimum Gasteiger partial charge on any atom is -0.493 e. The normalized spacial score (nSPS) is 14.9. The van der Waals surface area contributed by atoms with Gasteiger partial charge in [0.1, 0.15) is 0 Å². The number of aromatic nitrogens is 2. The number of fused-ring (bicyclic) bond motifs is 4. The molecular formula is C35H32N6O3. The average Bonchev–Trinajstić information content (AvgIpc) is 3.40. The molecule has 9 nitrogen and oxygen atoms in total. The van der Waals surface area contributed by atoms with Crippen molar-refractivity contribution in [2.75, 3.05) is 31.5 Å². The maximum atomic E-state index is 5.81. The predicted octanol–water partition coefficient (Wildman–Crippen LogP) is 7.31. The molecule has 3 heterocycles. The second-order valence-electron chi connectivity index (χ2n) is 10.7. The highest BCUT2D eigenvalue weighted by molar-refractivity contribution is 6.51. The molecule has 0 spiro atoms. The largest absolute Gasteiger partial charge is 0.493 e. The van der Waals surface area contributed by atoms with Crippen molar-refractivity contribution >= 4 is 34.6 Å². The first-order valence-corrected chi connectivity index (χ1v) is 14.3. The maximum absolute atomic E-state index is 5.81. The molecule has 1 atom stereocenters. The molecule has 9 heteroatoms. The van der Waals surface area contributed by atoms with Crippen molar-refractivity contribution in [1.82, 2.24) is 9.78 Å². The second kappa shape index (κ2) is 10.9. The first kappa shape index (κ1) is 27.3. The lowest BCUT2D eigenvalue weighted by Gasteiger charge is -2.40. The smallest absolute Gasteiger partial charge is 0.203 e. The first-order valence-electron chi connectivity index (χ1n) is 14.3. The fraction of sp³-hybridized carbons (Fsp3) is 0.171. The monoisotopic (exact) mass is 584 g/mol. The van der Waals surface area contributed by atoms with Crippen LogP contribution in [0.4, 0.5) is 22.9 Å². The van der Waals surface area contributed by atoms with Gasteiger partial charge in [0, 0.05) is 11.3 Å². The standard InChI is InChI=1S/C35H32N6O3/c1-21-15-17-24(18-16-21)36-33-35-38-34-30(22(2)39-41(34)25-11-7-6-8-12-25)31(40(35)27-14-10-9-13-26(27)37-33)23-19-28(42-3)32(44-5)29(20-23)43-4/h6-20,31H,1-5H3,(H,36,37). The quantitative estimate of drug-likeness (QED) is 0.225. The number of nitrogens with one attached hydrogen (secondary N) is 1. The molecule has 0 amide bonds. The molecule has 1 unspecified atom stereocenters. The number of benzene rings is 4. The summed E-state index contributed by atoms with van der Waals surface area (Å²) in [4.78, 5) is 12.6. The van der Waals surface area contributed by atoms with Crippen molar-refractivity contribution in [1.29, 1.82) is 0 Å². The van der Waals surface area contributed by atoms with Gasteiger partial charge >= 0.3 is 0 Å². The lowest BCUT2D eigenvalue weighted by molar-refractivity contribution is 0.323. The van der Waals surface area contributed by atoms with Crippen LogP contribution in [0, 0.1) is 13.8 Å². The van der Waals surface area contributed by atoms with E-state index in [4.69, 9.17) is 29.3 Å². The number of hydrogen-bond acceptors (Lipinski definition) is 8. The van der Waals surface area contributed by atoms with E-state index in [2.05, 4.69) is 35.3 Å². The summed E-state index contributed by atoms with van der Waals surface area (Å²) in [6.45, 7) is 4.10. The van der Waals surface area contributed by atoms with E-state index in [1.54, 1.807) is 21.3 Å². The van der Waals surface area contributed by atoms with E-state index in [1.807, 2.05) is 84.4 Å². The zero-order chi connectivity index (χ0) is 30.4. The summed E-state index contributed by atoms with van der Waals surface area (Å²) in [5, 5.41) is 8.58. The van der Waals surface area contributed by atoms with Crippen LogP contribution in [0.5, 0.6) is 17.2 Å². The molecule has 4 aromatic carbocycles. The maximum Gasteiger partial charge on any atom is 0.203 e. The van der Waals surface area contributed by atoms with Gasteiger partial charge in [-0.15, -0.1) is 0 Å². The van der Waals surface area contributed by atoms with Crippen LogP contribution >= 0.6 is 0 Å². The van der Waals surface area contributed by atoms with Crippen molar-refractivity contribution in [2.45, 2.75) is 19.9 Å². The number of rotatable bonds is 6. The Labute approximate surface area is 256 Å². The third-order valence-electron chi connectivity index (χ3n) is 7.96. The van der Waals surface area contributed by atoms with E-state index in [1.165, 1.54) is 5.56 Å². The van der Waals surface area contributed by atoms with Gasteiger partial charge in [0.2, 0.25) is 5.75 Å². The molecule has 1 aromatic heterocycles. The fourth-order valence-corrected chi connectivity index (χ4v) is 5.90. The Morgan fingerprint density at radius 3 is 2.11 bits per heavy atom. The van der Waals surface area contributed by atoms with Crippen LogP contribution in [0.3, 0.4) is 0 Å². The van der Waals surface area contributed by atoms with Gasteiger partial charge < -0.3 is 24.4 Å². The van der Waals surface area contributed by atoms with E-state index in [-0.39, 0.29) is 6.04 Å². The van der Waals surface area contributed by atoms with Crippen molar-refractivity contribution in [3.63, 3.8) is 0 Å². The summed E-state index contributed by atoms with van der Waals surface area (Å²) in [5.74, 6) is 3.70. The number of nitrogens with zero attached hydrogens (tertiary/aromatic N) is 5. The number of anilines is 2. The molecule has 0 radical (unpaired) electrons. The summed E-state index contributed by atoms with van der Waals surface area (Å²) in [6, 6.07) is 30.1. The lowest BCUT2D eigenvalue weighted by atomic mass is 9.92. The number of amidine groups is 2. The molecule has 7 rings (SSSR count). The number of hydrogen-bond donors (Lipinski definition) is 1. The third kappa shape index (κ3) is 4.44. The van der Waals surface area contributed by atoms with Crippen molar-refractivity contribution < 1.29 is 14.2 Å². The molecule has 0 bridgehead atoms. The minimum absolute atomic E-state index is 0.352. The van der Waals surface area contributed by atoms with Crippen molar-refractivity contribution in [2.24, 2.45) is 9.98 Å². The summed E-state index contributed by atoms with van der Waals surface area (Å²) in [5.41, 5.74) is 7.52. The van der Waals surface area contributed by atoms with Crippen LogP contribution in [-0.2, 0) is 0 Å². The highest BCUT2D eigenvalue weighted by Crippen LogP contribution is 2.50. The van der Waals surface area contributed by atoms with Gasteiger partial charge in [-0.1, -0.05) is 48.0 Å². The Kier molecular flexibility index (Phi) is 6.77. The highest BCUT2D eigenvalue weighted by atomic mass is 16.5. The topological polar surface area (TPSA) is 85.5 Å². The Balaban J connectivity index is 1.52. The van der Waals surface area contributed by atoms with Gasteiger partial charge in [-0.2, -0.15) is 5.10 Å². The van der Waals surface area contributed by atoms with E-state index in [9.17, 15) is 0 Å². The van der Waals surface area contributed by atoms with Gasteiger partial charge in [-0.05, 0) is 67.9 Å². The van der Waals surface area contributed by atoms with Crippen LogP contribution in [0.2, 0.25) is 0 Å². The average molecular weight is 585 g/mol. The summed E-state index contributed by atoms with van der Waals surface area (Å²) in [7, 11) is 4.87. The van der Waals surface area contributed by atoms with Gasteiger partial charge in [0.05, 0.1) is 50.1 Å². The van der Waals surface area contributed by atoms with Gasteiger partial charge in [-0.25, -0.2) is 14.7 Å². The molecule has 0 saturated heterocycles. The number of ether oxygens (including phenoxy) is 3. The molecule has 0 saturated carbocycles. The molecule has 0 fully saturated rings. The summed E-state index contributed by atoms with van der Waals surface area (Å²) >= 11 is 0. The van der Waals surface area contributed by atoms with Crippen LogP contribution in [0.25, 0.3) is 5.69 Å². The zero-order valence-corrected chi connectivity index (χ0v) is 25.2. The first-order chi connectivity index (χ1) is 21.5. The summed E-state index contributed by atoms with van der Waals surface area (Å²) in [6.07, 6.45) is 0. The second-order valence-corrected chi connectivity index (χ2v) is 10.7. The lowest BCUT2D eigenvalue weighted by Crippen LogP contribution is -2.46. The predicted molar refractivity (Wildman–Crippen MR) is 174 cm³/mol. The van der Waals surface area contributed by atoms with E-state index in [0.29, 0.717) is 28.9 Å². The SMILES string of the molecule is COc1cc(C2c3c(C)nn(-c4ccccc4)c3N=C3C(Nc4ccc(C)cc4)=Nc4ccccc4N32)cc(OC)c1OC. The Morgan fingerprint density at radius 1 is 0.750 bits per heavy atom. The van der Waals surface area contributed by atoms with Crippen LogP contribution < -0.4 is 24.4 Å². The number of methoxy groups -OCH3 is 3. The van der Waals surface area contributed by atoms with Crippen LogP contribution in [0.1, 0.15) is 28.4 Å². The molecule has 2 aliphatic rings. The van der Waals surface area contributed by atoms with Crippen molar-refractivity contribution in [3.8, 4) is 22.9 Å². The minimum atomic E-state index is -0.352. The molecule has 44 heavy (non-hydrogen) atoms. The number of aryl methyl sites for hydroxylation is 2. The Hall–Kier alpha value is -5.57.